The van der Waals surface area contributed by atoms with Gasteiger partial charge in [0.05, 0.1) is 31.0 Å². The van der Waals surface area contributed by atoms with Crippen LogP contribution >= 0.6 is 0 Å². The highest BCUT2D eigenvalue weighted by molar-refractivity contribution is 6.99. The van der Waals surface area contributed by atoms with Gasteiger partial charge in [-0.3, -0.25) is 0 Å². The van der Waals surface area contributed by atoms with Crippen LogP contribution in [0.3, 0.4) is 0 Å². The molecule has 1 saturated heterocycles. The second-order valence-corrected chi connectivity index (χ2v) is 22.7. The normalized spacial score (nSPS) is 21.4. The van der Waals surface area contributed by atoms with E-state index in [1.54, 1.807) is 0 Å². The van der Waals surface area contributed by atoms with Crippen molar-refractivity contribution in [2.75, 3.05) is 6.61 Å². The molecule has 0 spiro atoms. The van der Waals surface area contributed by atoms with Crippen molar-refractivity contribution in [2.24, 2.45) is 5.92 Å². The van der Waals surface area contributed by atoms with E-state index in [-0.39, 0.29) is 34.3 Å². The van der Waals surface area contributed by atoms with Gasteiger partial charge in [-0.2, -0.15) is 5.26 Å². The van der Waals surface area contributed by atoms with Crippen molar-refractivity contribution < 1.29 is 13.6 Å². The summed E-state index contributed by atoms with van der Waals surface area (Å²) in [5, 5.41) is 12.1. The van der Waals surface area contributed by atoms with Crippen molar-refractivity contribution in [3.63, 3.8) is 0 Å². The van der Waals surface area contributed by atoms with E-state index in [4.69, 9.17) is 13.6 Å². The highest BCUT2D eigenvalue weighted by atomic mass is 28.4. The molecule has 218 valence electrons. The number of hydrogen-bond acceptors (Lipinski definition) is 4. The molecule has 40 heavy (non-hydrogen) atoms. The maximum absolute atomic E-state index is 9.52. The molecule has 2 aromatic rings. The molecule has 1 heterocycles. The summed E-state index contributed by atoms with van der Waals surface area (Å²) in [7, 11) is -4.63. The van der Waals surface area contributed by atoms with Crippen LogP contribution < -0.4 is 10.4 Å². The minimum absolute atomic E-state index is 0.0535. The molecular weight excluding hydrogens is 527 g/mol. The van der Waals surface area contributed by atoms with Crippen LogP contribution in [0.2, 0.25) is 23.2 Å². The second kappa shape index (κ2) is 13.3. The molecule has 1 aliphatic heterocycles. The van der Waals surface area contributed by atoms with E-state index in [9.17, 15) is 5.26 Å². The second-order valence-electron chi connectivity index (χ2n) is 13.7. The molecule has 0 unspecified atom stereocenters. The number of nitrogens with zero attached hydrogens (tertiary/aromatic N) is 1. The quantitative estimate of drug-likeness (QED) is 0.204. The Morgan fingerprint density at radius 3 is 1.95 bits per heavy atom. The third kappa shape index (κ3) is 7.24. The van der Waals surface area contributed by atoms with Gasteiger partial charge in [0.15, 0.2) is 8.32 Å². The summed E-state index contributed by atoms with van der Waals surface area (Å²) in [5.41, 5.74) is 0. The number of nitriles is 1. The molecule has 0 bridgehead atoms. The Labute approximate surface area is 246 Å². The van der Waals surface area contributed by atoms with Gasteiger partial charge >= 0.3 is 0 Å². The first-order valence-corrected chi connectivity index (χ1v) is 19.7. The van der Waals surface area contributed by atoms with E-state index >= 15 is 0 Å². The van der Waals surface area contributed by atoms with Gasteiger partial charge in [0.25, 0.3) is 8.32 Å². The number of hydrogen-bond donors (Lipinski definition) is 0. The fourth-order valence-corrected chi connectivity index (χ4v) is 11.6. The number of rotatable bonds is 11. The van der Waals surface area contributed by atoms with Gasteiger partial charge in [-0.1, -0.05) is 121 Å². The highest BCUT2D eigenvalue weighted by Crippen LogP contribution is 2.41. The van der Waals surface area contributed by atoms with Gasteiger partial charge in [0.2, 0.25) is 0 Å². The summed E-state index contributed by atoms with van der Waals surface area (Å²) >= 11 is 0. The van der Waals surface area contributed by atoms with Crippen molar-refractivity contribution in [1.29, 1.82) is 5.26 Å². The lowest BCUT2D eigenvalue weighted by Crippen LogP contribution is -2.68. The van der Waals surface area contributed by atoms with Crippen molar-refractivity contribution in [2.45, 2.75) is 109 Å². The van der Waals surface area contributed by atoms with E-state index in [0.717, 1.165) is 12.8 Å². The first kappa shape index (κ1) is 32.5. The molecule has 0 aliphatic carbocycles. The zero-order valence-electron chi connectivity index (χ0n) is 26.2. The minimum Gasteiger partial charge on any atom is -0.411 e. The largest absolute Gasteiger partial charge is 0.411 e. The molecule has 4 atom stereocenters. The first-order chi connectivity index (χ1) is 18.8. The zero-order chi connectivity index (χ0) is 29.6. The Balaban J connectivity index is 1.97. The van der Waals surface area contributed by atoms with Gasteiger partial charge < -0.3 is 13.6 Å². The van der Waals surface area contributed by atoms with Crippen LogP contribution in [0, 0.1) is 17.2 Å². The Morgan fingerprint density at radius 2 is 1.50 bits per heavy atom. The monoisotopic (exact) mass is 577 g/mol. The fraction of sp³-hybridized carbons (Fsp3) is 0.559. The molecule has 3 rings (SSSR count). The van der Waals surface area contributed by atoms with E-state index in [1.807, 2.05) is 0 Å². The first-order valence-electron chi connectivity index (χ1n) is 14.9. The van der Waals surface area contributed by atoms with Crippen LogP contribution in [0.1, 0.15) is 67.7 Å². The molecule has 2 aromatic carbocycles. The maximum Gasteiger partial charge on any atom is 0.261 e. The maximum atomic E-state index is 9.52. The Hall–Kier alpha value is -2.02. The van der Waals surface area contributed by atoms with Gasteiger partial charge in [0, 0.05) is 12.3 Å². The van der Waals surface area contributed by atoms with Crippen LogP contribution in [-0.2, 0) is 13.6 Å². The predicted octanol–water partition coefficient (Wildman–Crippen LogP) is 7.61. The van der Waals surface area contributed by atoms with Crippen molar-refractivity contribution in [1.82, 2.24) is 0 Å². The van der Waals surface area contributed by atoms with Gasteiger partial charge in [0.1, 0.15) is 0 Å². The minimum atomic E-state index is -2.74. The lowest BCUT2D eigenvalue weighted by molar-refractivity contribution is 0.112. The van der Waals surface area contributed by atoms with E-state index in [2.05, 4.69) is 140 Å². The van der Waals surface area contributed by atoms with Crippen molar-refractivity contribution >= 4 is 27.0 Å². The number of benzene rings is 2. The van der Waals surface area contributed by atoms with Crippen LogP contribution in [0.25, 0.3) is 0 Å². The van der Waals surface area contributed by atoms with Crippen LogP contribution in [0.4, 0.5) is 0 Å². The van der Waals surface area contributed by atoms with Crippen LogP contribution in [0.5, 0.6) is 0 Å². The molecular formula is C34H51NO3Si2. The molecule has 1 fully saturated rings. The molecule has 6 heteroatoms. The standard InChI is InChI=1S/C34H51NO3Si2/c1-10-27(37-39(8,9)33(2,3)4)23-24-31-30(22-17-25-35)32(26-36-31)38-40(34(5,6)7,28-18-13-11-14-19-28)29-20-15-12-16-21-29/h11-16,18-21,23-24,27,30-32H,10,17,22,26H2,1-9H3/b24-23+/t27-,30+,31+,32-/m0/s1. The van der Waals surface area contributed by atoms with E-state index < -0.39 is 16.6 Å². The Morgan fingerprint density at radius 1 is 0.950 bits per heavy atom. The molecule has 1 aliphatic rings. The molecule has 0 N–H and O–H groups in total. The lowest BCUT2D eigenvalue weighted by Gasteiger charge is -2.45. The lowest BCUT2D eigenvalue weighted by atomic mass is 9.93. The van der Waals surface area contributed by atoms with Gasteiger partial charge in [-0.25, -0.2) is 0 Å². The average molecular weight is 578 g/mol. The highest BCUT2D eigenvalue weighted by Gasteiger charge is 2.53. The molecule has 4 nitrogen and oxygen atoms in total. The third-order valence-electron chi connectivity index (χ3n) is 8.86. The fourth-order valence-electron chi connectivity index (χ4n) is 5.53. The van der Waals surface area contributed by atoms with Gasteiger partial charge in [-0.15, -0.1) is 0 Å². The third-order valence-corrected chi connectivity index (χ3v) is 18.4. The van der Waals surface area contributed by atoms with Crippen molar-refractivity contribution in [3.05, 3.63) is 72.8 Å². The summed E-state index contributed by atoms with van der Waals surface area (Å²) in [4.78, 5) is 0. The summed E-state index contributed by atoms with van der Waals surface area (Å²) < 4.78 is 20.7. The topological polar surface area (TPSA) is 51.5 Å². The average Bonchev–Trinajstić information content (AvgIpc) is 3.28. The van der Waals surface area contributed by atoms with E-state index in [0.29, 0.717) is 13.0 Å². The molecule has 0 saturated carbocycles. The smallest absolute Gasteiger partial charge is 0.261 e. The summed E-state index contributed by atoms with van der Waals surface area (Å²) in [6.45, 7) is 21.1. The summed E-state index contributed by atoms with van der Waals surface area (Å²) in [6.07, 6.45) is 6.39. The van der Waals surface area contributed by atoms with Gasteiger partial charge in [-0.05, 0) is 46.4 Å². The van der Waals surface area contributed by atoms with Crippen molar-refractivity contribution in [3.8, 4) is 6.07 Å². The predicted molar refractivity (Wildman–Crippen MR) is 172 cm³/mol. The SMILES string of the molecule is CC[C@@H](/C=C/[C@H]1OC[C@H](O[Si](c2ccccc2)(c2ccccc2)C(C)(C)C)[C@@H]1CCC#N)O[Si](C)(C)C(C)(C)C. The van der Waals surface area contributed by atoms with Crippen LogP contribution in [-0.4, -0.2) is 41.6 Å². The molecule has 0 radical (unpaired) electrons. The number of ether oxygens (including phenoxy) is 1. The Bertz CT molecular complexity index is 1090. The Kier molecular flexibility index (Phi) is 10.8. The molecule has 0 aromatic heterocycles. The van der Waals surface area contributed by atoms with Crippen LogP contribution in [0.15, 0.2) is 72.8 Å². The molecule has 0 amide bonds. The van der Waals surface area contributed by atoms with E-state index in [1.165, 1.54) is 10.4 Å². The zero-order valence-corrected chi connectivity index (χ0v) is 28.2. The summed E-state index contributed by atoms with van der Waals surface area (Å²) in [6, 6.07) is 23.9. The summed E-state index contributed by atoms with van der Waals surface area (Å²) in [5.74, 6) is 0.0999.